The number of benzene rings is 1. The molecule has 10 atom stereocenters. The molecule has 9 nitrogen and oxygen atoms in total. The number of halogens is 3. The molecule has 2 N–H and O–H groups in total. The van der Waals surface area contributed by atoms with E-state index in [1.54, 1.807) is 6.92 Å². The van der Waals surface area contributed by atoms with Crippen LogP contribution in [0.2, 0.25) is 0 Å². The van der Waals surface area contributed by atoms with Gasteiger partial charge in [0.1, 0.15) is 12.5 Å². The first-order valence-electron chi connectivity index (χ1n) is 22.5. The van der Waals surface area contributed by atoms with Gasteiger partial charge in [0, 0.05) is 11.5 Å². The number of fused-ring (bicyclic) bond motifs is 8. The molecular weight excluding hydrogens is 774 g/mol. The SMILES string of the molecule is CCOC(=O)N1c2ccc(C(F)(F)F)cc2[C@@H](NC(=O)CC(=O)O[C@H]2CC[C@]3(C)[C@H]4CC=C5[C@@H]6CC(C)(C)CC[C@]6(C(=O)O)CC[C@@]5(C)[C@]4(C)CC[C@H]3C2(C)C)C[C@H]1CC. The molecule has 2 amide bonds. The number of amides is 2. The quantitative estimate of drug-likeness (QED) is 0.159. The van der Waals surface area contributed by atoms with E-state index in [4.69, 9.17) is 9.47 Å². The van der Waals surface area contributed by atoms with Crippen LogP contribution in [0.5, 0.6) is 0 Å². The highest BCUT2D eigenvalue weighted by atomic mass is 19.4. The van der Waals surface area contributed by atoms with Crippen molar-refractivity contribution < 1.29 is 46.9 Å². The van der Waals surface area contributed by atoms with E-state index in [-0.39, 0.29) is 57.8 Å². The van der Waals surface area contributed by atoms with Gasteiger partial charge in [-0.05, 0) is 147 Å². The van der Waals surface area contributed by atoms with Crippen molar-refractivity contribution in [2.24, 2.45) is 50.2 Å². The molecular formula is C48H67F3N2O7. The highest BCUT2D eigenvalue weighted by molar-refractivity contribution is 5.95. The molecule has 0 aromatic heterocycles. The number of hydrogen-bond acceptors (Lipinski definition) is 6. The van der Waals surface area contributed by atoms with Gasteiger partial charge in [0.2, 0.25) is 5.91 Å². The molecule has 1 aliphatic heterocycles. The van der Waals surface area contributed by atoms with Gasteiger partial charge in [0.15, 0.2) is 0 Å². The summed E-state index contributed by atoms with van der Waals surface area (Å²) >= 11 is 0. The van der Waals surface area contributed by atoms with Gasteiger partial charge < -0.3 is 19.9 Å². The van der Waals surface area contributed by atoms with E-state index in [2.05, 4.69) is 59.9 Å². The number of ether oxygens (including phenoxy) is 2. The Labute approximate surface area is 354 Å². The lowest BCUT2D eigenvalue weighted by molar-refractivity contribution is -0.213. The third kappa shape index (κ3) is 6.96. The molecule has 12 heteroatoms. The first-order chi connectivity index (χ1) is 27.9. The Morgan fingerprint density at radius 1 is 0.917 bits per heavy atom. The van der Waals surface area contributed by atoms with Crippen LogP contribution in [0.3, 0.4) is 0 Å². The topological polar surface area (TPSA) is 122 Å². The number of carboxylic acid groups (broad SMARTS) is 1. The minimum absolute atomic E-state index is 0.0189. The fourth-order valence-corrected chi connectivity index (χ4v) is 14.2. The summed E-state index contributed by atoms with van der Waals surface area (Å²) in [4.78, 5) is 54.6. The van der Waals surface area contributed by atoms with Crippen molar-refractivity contribution in [3.05, 3.63) is 41.0 Å². The number of esters is 1. The largest absolute Gasteiger partial charge is 0.481 e. The number of nitrogens with one attached hydrogen (secondary N) is 1. The van der Waals surface area contributed by atoms with Crippen molar-refractivity contribution in [2.45, 2.75) is 170 Å². The number of anilines is 1. The zero-order valence-corrected chi connectivity index (χ0v) is 37.2. The maximum absolute atomic E-state index is 13.9. The van der Waals surface area contributed by atoms with Crippen LogP contribution in [0.1, 0.15) is 163 Å². The van der Waals surface area contributed by atoms with Gasteiger partial charge >= 0.3 is 24.2 Å². The monoisotopic (exact) mass is 840 g/mol. The molecule has 6 aliphatic rings. The van der Waals surface area contributed by atoms with Gasteiger partial charge in [-0.15, -0.1) is 0 Å². The number of carbonyl (C=O) groups excluding carboxylic acids is 3. The van der Waals surface area contributed by atoms with E-state index < -0.39 is 71.1 Å². The molecule has 0 saturated heterocycles. The average molecular weight is 841 g/mol. The Hall–Kier alpha value is -3.57. The van der Waals surface area contributed by atoms with Crippen LogP contribution in [0.25, 0.3) is 0 Å². The van der Waals surface area contributed by atoms with Crippen LogP contribution in [0.15, 0.2) is 29.8 Å². The summed E-state index contributed by atoms with van der Waals surface area (Å²) < 4.78 is 53.1. The van der Waals surface area contributed by atoms with Crippen molar-refractivity contribution in [3.8, 4) is 0 Å². The summed E-state index contributed by atoms with van der Waals surface area (Å²) in [6.07, 6.45) is 5.28. The number of aliphatic carboxylic acids is 1. The van der Waals surface area contributed by atoms with E-state index in [1.807, 2.05) is 6.92 Å². The van der Waals surface area contributed by atoms with Crippen LogP contribution in [0.4, 0.5) is 23.7 Å². The lowest BCUT2D eigenvalue weighted by atomic mass is 9.33. The third-order valence-electron chi connectivity index (χ3n) is 17.7. The van der Waals surface area contributed by atoms with Gasteiger partial charge in [-0.1, -0.05) is 67.0 Å². The average Bonchev–Trinajstić information content (AvgIpc) is 3.15. The number of rotatable bonds is 7. The first kappa shape index (κ1) is 44.5. The zero-order valence-electron chi connectivity index (χ0n) is 37.2. The Morgan fingerprint density at radius 2 is 1.62 bits per heavy atom. The second-order valence-electron chi connectivity index (χ2n) is 21.5. The zero-order chi connectivity index (χ0) is 44.0. The standard InChI is InChI=1S/C48H67F3N2O7/c1-10-29-25-33(30-24-28(48(49,50)51)12-14-34(30)53(29)41(58)59-11-2)52-38(54)26-39(55)60-37-17-18-44(7)35(43(37,5)6)16-19-46(9)36(44)15-13-31-32-27-42(3,4)20-22-47(32,40(56)57)23-21-45(31,46)8/h12-14,24,29,32-33,35-37H,10-11,15-23,25-27H2,1-9H3,(H,52,54)(H,56,57)/t29-,32+,33+,35+,36-,37+,44+,45-,46-,47+/m1/s1. The second-order valence-corrected chi connectivity index (χ2v) is 21.5. The minimum Gasteiger partial charge on any atom is -0.481 e. The minimum atomic E-state index is -4.64. The number of nitrogens with zero attached hydrogens (tertiary/aromatic N) is 1. The smallest absolute Gasteiger partial charge is 0.416 e. The van der Waals surface area contributed by atoms with E-state index in [0.717, 1.165) is 63.5 Å². The van der Waals surface area contributed by atoms with Crippen LogP contribution in [0, 0.1) is 50.2 Å². The normalized spacial score (nSPS) is 37.7. The molecule has 5 aliphatic carbocycles. The van der Waals surface area contributed by atoms with Gasteiger partial charge in [-0.25, -0.2) is 4.79 Å². The lowest BCUT2D eigenvalue weighted by Gasteiger charge is -2.71. The molecule has 0 bridgehead atoms. The molecule has 4 saturated carbocycles. The van der Waals surface area contributed by atoms with Gasteiger partial charge in [-0.2, -0.15) is 13.2 Å². The molecule has 0 radical (unpaired) electrons. The van der Waals surface area contributed by atoms with Gasteiger partial charge in [0.05, 0.1) is 29.3 Å². The number of allylic oxidation sites excluding steroid dienone is 2. The van der Waals surface area contributed by atoms with Crippen molar-refractivity contribution in [1.82, 2.24) is 5.32 Å². The van der Waals surface area contributed by atoms with E-state index in [9.17, 15) is 37.5 Å². The maximum atomic E-state index is 13.9. The molecule has 1 aromatic carbocycles. The van der Waals surface area contributed by atoms with E-state index >= 15 is 0 Å². The van der Waals surface area contributed by atoms with E-state index in [0.29, 0.717) is 25.2 Å². The highest BCUT2D eigenvalue weighted by Crippen LogP contribution is 2.76. The summed E-state index contributed by atoms with van der Waals surface area (Å²) in [7, 11) is 0. The summed E-state index contributed by atoms with van der Waals surface area (Å²) in [5, 5.41) is 13.5. The number of hydrogen-bond donors (Lipinski definition) is 2. The van der Waals surface area contributed by atoms with Crippen LogP contribution in [-0.2, 0) is 30.0 Å². The van der Waals surface area contributed by atoms with Crippen molar-refractivity contribution in [1.29, 1.82) is 0 Å². The Kier molecular flexibility index (Phi) is 11.2. The summed E-state index contributed by atoms with van der Waals surface area (Å²) in [5.74, 6) is -1.30. The predicted octanol–water partition coefficient (Wildman–Crippen LogP) is 11.2. The molecule has 0 spiro atoms. The highest BCUT2D eigenvalue weighted by Gasteiger charge is 2.69. The van der Waals surface area contributed by atoms with Crippen LogP contribution >= 0.6 is 0 Å². The molecule has 60 heavy (non-hydrogen) atoms. The lowest BCUT2D eigenvalue weighted by Crippen LogP contribution is -2.65. The summed E-state index contributed by atoms with van der Waals surface area (Å²) in [6, 6.07) is 1.80. The molecule has 332 valence electrons. The van der Waals surface area contributed by atoms with Gasteiger partial charge in [-0.3, -0.25) is 19.3 Å². The first-order valence-corrected chi connectivity index (χ1v) is 22.5. The van der Waals surface area contributed by atoms with Crippen molar-refractivity contribution >= 4 is 29.6 Å². The Bertz CT molecular complexity index is 1940. The fraction of sp³-hybridized carbons (Fsp3) is 0.750. The molecule has 4 fully saturated rings. The molecule has 7 rings (SSSR count). The summed E-state index contributed by atoms with van der Waals surface area (Å²) in [5.41, 5.74) is -0.309. The molecule has 0 unspecified atom stereocenters. The predicted molar refractivity (Wildman–Crippen MR) is 222 cm³/mol. The number of alkyl halides is 3. The third-order valence-corrected chi connectivity index (χ3v) is 17.7. The van der Waals surface area contributed by atoms with Crippen molar-refractivity contribution in [2.75, 3.05) is 11.5 Å². The Morgan fingerprint density at radius 3 is 2.27 bits per heavy atom. The second kappa shape index (κ2) is 15.1. The van der Waals surface area contributed by atoms with Crippen LogP contribution < -0.4 is 10.2 Å². The molecule has 1 aromatic rings. The maximum Gasteiger partial charge on any atom is 0.416 e. The van der Waals surface area contributed by atoms with Gasteiger partial charge in [0.25, 0.3) is 0 Å². The Balaban J connectivity index is 1.06. The van der Waals surface area contributed by atoms with Crippen LogP contribution in [-0.4, -0.2) is 47.8 Å². The number of carbonyl (C=O) groups is 4. The fourth-order valence-electron chi connectivity index (χ4n) is 14.2. The van der Waals surface area contributed by atoms with E-state index in [1.165, 1.54) is 16.5 Å². The molecule has 1 heterocycles. The van der Waals surface area contributed by atoms with Crippen molar-refractivity contribution in [3.63, 3.8) is 0 Å². The number of carboxylic acids is 1. The summed E-state index contributed by atoms with van der Waals surface area (Å²) in [6.45, 7) is 19.9.